The average Bonchev–Trinajstić information content (AvgIpc) is 3.10. The van der Waals surface area contributed by atoms with Crippen LogP contribution in [0.1, 0.15) is 18.1 Å². The fourth-order valence-electron chi connectivity index (χ4n) is 2.98. The van der Waals surface area contributed by atoms with Crippen LogP contribution in [0, 0.1) is 0 Å². The third-order valence-electron chi connectivity index (χ3n) is 4.31. The van der Waals surface area contributed by atoms with E-state index in [1.165, 1.54) is 43.3 Å². The molecular weight excluding hydrogens is 368 g/mol. The Kier molecular flexibility index (Phi) is 6.03. The molecule has 3 rings (SSSR count). The number of amides is 1. The van der Waals surface area contributed by atoms with Crippen LogP contribution in [-0.2, 0) is 20.7 Å². The van der Waals surface area contributed by atoms with Gasteiger partial charge in [-0.3, -0.25) is 4.79 Å². The van der Waals surface area contributed by atoms with Gasteiger partial charge in [-0.1, -0.05) is 30.3 Å². The topological polar surface area (TPSA) is 55.8 Å². The molecule has 0 radical (unpaired) electrons. The van der Waals surface area contributed by atoms with Gasteiger partial charge in [0.2, 0.25) is 0 Å². The maximum atomic E-state index is 12.6. The van der Waals surface area contributed by atoms with E-state index in [0.29, 0.717) is 12.1 Å². The first-order valence-corrected chi connectivity index (χ1v) is 8.77. The Labute approximate surface area is 161 Å². The van der Waals surface area contributed by atoms with E-state index in [-0.39, 0.29) is 11.7 Å². The summed E-state index contributed by atoms with van der Waals surface area (Å²) >= 11 is 0. The molecule has 0 aliphatic carbocycles. The molecule has 0 aromatic heterocycles. The molecule has 0 fully saturated rings. The monoisotopic (exact) mass is 387 g/mol. The number of halogens is 2. The maximum Gasteiger partial charge on any atom is 0.387 e. The van der Waals surface area contributed by atoms with Crippen LogP contribution in [-0.4, -0.2) is 31.1 Å². The van der Waals surface area contributed by atoms with Crippen LogP contribution in [0.5, 0.6) is 5.75 Å². The second-order valence-electron chi connectivity index (χ2n) is 6.23. The molecule has 1 amide bonds. The van der Waals surface area contributed by atoms with Gasteiger partial charge in [-0.15, -0.1) is 0 Å². The second kappa shape index (κ2) is 8.65. The molecule has 28 heavy (non-hydrogen) atoms. The minimum atomic E-state index is -2.89. The number of fused-ring (bicyclic) bond motifs is 1. The van der Waals surface area contributed by atoms with Crippen LogP contribution in [0.3, 0.4) is 0 Å². The molecule has 0 N–H and O–H groups in total. The fraction of sp³-hybridized carbons (Fsp3) is 0.238. The number of ether oxygens (including phenoxy) is 2. The molecule has 1 aliphatic rings. The highest BCUT2D eigenvalue weighted by atomic mass is 19.3. The number of para-hydroxylation sites is 1. The average molecular weight is 387 g/mol. The first kappa shape index (κ1) is 19.5. The Morgan fingerprint density at radius 3 is 2.54 bits per heavy atom. The maximum absolute atomic E-state index is 12.6. The molecule has 2 aromatic carbocycles. The number of carbonyl (C=O) groups is 2. The van der Waals surface area contributed by atoms with Crippen LogP contribution < -0.4 is 9.64 Å². The number of hydrogen-bond acceptors (Lipinski definition) is 4. The van der Waals surface area contributed by atoms with Gasteiger partial charge in [0.1, 0.15) is 5.75 Å². The molecule has 0 saturated heterocycles. The van der Waals surface area contributed by atoms with Gasteiger partial charge in [0.05, 0.1) is 0 Å². The molecule has 1 heterocycles. The van der Waals surface area contributed by atoms with Crippen molar-refractivity contribution in [2.75, 3.05) is 11.4 Å². The quantitative estimate of drug-likeness (QED) is 0.559. The van der Waals surface area contributed by atoms with Crippen molar-refractivity contribution in [2.45, 2.75) is 26.1 Å². The molecule has 0 bridgehead atoms. The number of carbonyl (C=O) groups excluding carboxylic acids is 2. The summed E-state index contributed by atoms with van der Waals surface area (Å²) in [5.74, 6) is -0.915. The molecule has 1 atom stereocenters. The van der Waals surface area contributed by atoms with E-state index in [2.05, 4.69) is 4.74 Å². The largest absolute Gasteiger partial charge is 0.449 e. The van der Waals surface area contributed by atoms with Gasteiger partial charge in [-0.25, -0.2) is 4.79 Å². The molecule has 0 unspecified atom stereocenters. The highest BCUT2D eigenvalue weighted by molar-refractivity contribution is 6.00. The zero-order chi connectivity index (χ0) is 20.1. The lowest BCUT2D eigenvalue weighted by molar-refractivity contribution is -0.149. The first-order chi connectivity index (χ1) is 13.4. The van der Waals surface area contributed by atoms with Crippen molar-refractivity contribution in [2.24, 2.45) is 0 Å². The lowest BCUT2D eigenvalue weighted by Crippen LogP contribution is -2.38. The minimum Gasteiger partial charge on any atom is -0.449 e. The number of benzene rings is 2. The molecule has 2 aromatic rings. The van der Waals surface area contributed by atoms with Crippen molar-refractivity contribution in [1.82, 2.24) is 0 Å². The number of alkyl halides is 2. The Hall–Kier alpha value is -3.22. The van der Waals surface area contributed by atoms with Gasteiger partial charge in [0, 0.05) is 18.3 Å². The lowest BCUT2D eigenvalue weighted by atomic mass is 10.2. The molecule has 7 heteroatoms. The number of anilines is 1. The summed E-state index contributed by atoms with van der Waals surface area (Å²) in [5, 5.41) is 0. The third-order valence-corrected chi connectivity index (χ3v) is 4.31. The van der Waals surface area contributed by atoms with Crippen LogP contribution in [0.2, 0.25) is 0 Å². The van der Waals surface area contributed by atoms with Crippen molar-refractivity contribution >= 4 is 23.6 Å². The number of nitrogens with zero attached hydrogens (tertiary/aromatic N) is 1. The fourth-order valence-corrected chi connectivity index (χ4v) is 2.98. The van der Waals surface area contributed by atoms with Gasteiger partial charge in [-0.05, 0) is 48.7 Å². The highest BCUT2D eigenvalue weighted by Gasteiger charge is 2.29. The molecule has 146 valence electrons. The lowest BCUT2D eigenvalue weighted by Gasteiger charge is -2.21. The summed E-state index contributed by atoms with van der Waals surface area (Å²) in [6.45, 7) is -0.799. The van der Waals surface area contributed by atoms with Crippen molar-refractivity contribution < 1.29 is 27.8 Å². The van der Waals surface area contributed by atoms with Crippen LogP contribution >= 0.6 is 0 Å². The van der Waals surface area contributed by atoms with E-state index < -0.39 is 18.7 Å². The van der Waals surface area contributed by atoms with E-state index in [1.807, 2.05) is 24.3 Å². The summed E-state index contributed by atoms with van der Waals surface area (Å²) < 4.78 is 33.7. The van der Waals surface area contributed by atoms with Crippen molar-refractivity contribution in [3.63, 3.8) is 0 Å². The van der Waals surface area contributed by atoms with Crippen LogP contribution in [0.25, 0.3) is 6.08 Å². The van der Waals surface area contributed by atoms with Crippen LogP contribution in [0.4, 0.5) is 14.5 Å². The Morgan fingerprint density at radius 2 is 1.82 bits per heavy atom. The molecular formula is C21H19F2NO4. The first-order valence-electron chi connectivity index (χ1n) is 8.77. The number of rotatable bonds is 6. The molecule has 5 nitrogen and oxygen atoms in total. The molecule has 0 spiro atoms. The predicted octanol–water partition coefficient (Wildman–Crippen LogP) is 3.82. The second-order valence-corrected chi connectivity index (χ2v) is 6.23. The van der Waals surface area contributed by atoms with Gasteiger partial charge in [0.25, 0.3) is 5.91 Å². The Morgan fingerprint density at radius 1 is 1.11 bits per heavy atom. The zero-order valence-corrected chi connectivity index (χ0v) is 15.2. The number of hydrogen-bond donors (Lipinski definition) is 0. The summed E-state index contributed by atoms with van der Waals surface area (Å²) in [6.07, 6.45) is 2.50. The Bertz CT molecular complexity index is 880. The standard InChI is InChI=1S/C21H19F2NO4/c1-14(20(26)24-13-12-16-4-2-3-5-18(16)24)27-19(25)11-8-15-6-9-17(10-7-15)28-21(22)23/h2-11,14,21H,12-13H2,1H3/b11-8+/t14-/m0/s1. The zero-order valence-electron chi connectivity index (χ0n) is 15.2. The summed E-state index contributed by atoms with van der Waals surface area (Å²) in [5.41, 5.74) is 2.54. The van der Waals surface area contributed by atoms with Crippen molar-refractivity contribution in [1.29, 1.82) is 0 Å². The smallest absolute Gasteiger partial charge is 0.387 e. The van der Waals surface area contributed by atoms with Gasteiger partial charge >= 0.3 is 12.6 Å². The normalized spacial score (nSPS) is 14.2. The van der Waals surface area contributed by atoms with E-state index >= 15 is 0 Å². The van der Waals surface area contributed by atoms with Gasteiger partial charge < -0.3 is 14.4 Å². The van der Waals surface area contributed by atoms with Crippen molar-refractivity contribution in [3.8, 4) is 5.75 Å². The molecule has 0 saturated carbocycles. The van der Waals surface area contributed by atoms with E-state index in [4.69, 9.17) is 4.74 Å². The summed E-state index contributed by atoms with van der Waals surface area (Å²) in [6, 6.07) is 13.4. The van der Waals surface area contributed by atoms with E-state index in [9.17, 15) is 18.4 Å². The highest BCUT2D eigenvalue weighted by Crippen LogP contribution is 2.28. The summed E-state index contributed by atoms with van der Waals surface area (Å²) in [7, 11) is 0. The Balaban J connectivity index is 1.55. The summed E-state index contributed by atoms with van der Waals surface area (Å²) in [4.78, 5) is 26.2. The molecule has 1 aliphatic heterocycles. The van der Waals surface area contributed by atoms with Gasteiger partial charge in [-0.2, -0.15) is 8.78 Å². The van der Waals surface area contributed by atoms with E-state index in [1.54, 1.807) is 4.90 Å². The predicted molar refractivity (Wildman–Crippen MR) is 100 cm³/mol. The third kappa shape index (κ3) is 4.73. The van der Waals surface area contributed by atoms with Crippen molar-refractivity contribution in [3.05, 3.63) is 65.7 Å². The van der Waals surface area contributed by atoms with E-state index in [0.717, 1.165) is 17.7 Å². The SMILES string of the molecule is C[C@H](OC(=O)/C=C/c1ccc(OC(F)F)cc1)C(=O)N1CCc2ccccc21. The van der Waals surface area contributed by atoms with Crippen LogP contribution in [0.15, 0.2) is 54.6 Å². The minimum absolute atomic E-state index is 0.0276. The van der Waals surface area contributed by atoms with Gasteiger partial charge in [0.15, 0.2) is 6.10 Å². The number of esters is 1.